The number of aliphatic hydroxyl groups is 1. The van der Waals surface area contributed by atoms with E-state index in [1.807, 2.05) is 18.7 Å². The van der Waals surface area contributed by atoms with Crippen molar-refractivity contribution < 1.29 is 9.90 Å². The standard InChI is InChI=1S/C13H26N2O2/c1-3-15(4-2)13(17)10-14-11-8-6-5-7-9-12(11)16/h11-12,14,16H,3-10H2,1-2H3. The lowest BCUT2D eigenvalue weighted by Gasteiger charge is -2.24. The van der Waals surface area contributed by atoms with Crippen LogP contribution in [0.3, 0.4) is 0 Å². The quantitative estimate of drug-likeness (QED) is 0.711. The number of carbonyl (C=O) groups is 1. The zero-order valence-corrected chi connectivity index (χ0v) is 11.1. The van der Waals surface area contributed by atoms with Crippen LogP contribution in [0, 0.1) is 0 Å². The highest BCUT2D eigenvalue weighted by molar-refractivity contribution is 5.78. The summed E-state index contributed by atoms with van der Waals surface area (Å²) in [5, 5.41) is 13.1. The third-order valence-corrected chi connectivity index (χ3v) is 3.61. The van der Waals surface area contributed by atoms with Crippen LogP contribution >= 0.6 is 0 Å². The molecule has 1 rings (SSSR count). The largest absolute Gasteiger partial charge is 0.392 e. The summed E-state index contributed by atoms with van der Waals surface area (Å²) in [7, 11) is 0. The van der Waals surface area contributed by atoms with E-state index in [-0.39, 0.29) is 18.1 Å². The van der Waals surface area contributed by atoms with Gasteiger partial charge in [-0.15, -0.1) is 0 Å². The molecule has 0 spiro atoms. The number of nitrogens with zero attached hydrogens (tertiary/aromatic N) is 1. The molecule has 1 aliphatic carbocycles. The van der Waals surface area contributed by atoms with Crippen molar-refractivity contribution in [1.29, 1.82) is 0 Å². The summed E-state index contributed by atoms with van der Waals surface area (Å²) in [6, 6.07) is 0.0945. The van der Waals surface area contributed by atoms with Crippen LogP contribution in [-0.4, -0.2) is 47.7 Å². The second-order valence-electron chi connectivity index (χ2n) is 4.76. The third kappa shape index (κ3) is 4.64. The Balaban J connectivity index is 2.35. The predicted molar refractivity (Wildman–Crippen MR) is 68.8 cm³/mol. The van der Waals surface area contributed by atoms with E-state index < -0.39 is 0 Å². The van der Waals surface area contributed by atoms with Gasteiger partial charge in [0, 0.05) is 19.1 Å². The Morgan fingerprint density at radius 1 is 1.24 bits per heavy atom. The maximum Gasteiger partial charge on any atom is 0.236 e. The van der Waals surface area contributed by atoms with Gasteiger partial charge in [0.05, 0.1) is 12.6 Å². The summed E-state index contributed by atoms with van der Waals surface area (Å²) in [5.41, 5.74) is 0. The monoisotopic (exact) mass is 242 g/mol. The molecule has 2 atom stereocenters. The minimum Gasteiger partial charge on any atom is -0.392 e. The molecule has 2 N–H and O–H groups in total. The number of carbonyl (C=O) groups excluding carboxylic acids is 1. The van der Waals surface area contributed by atoms with Gasteiger partial charge < -0.3 is 15.3 Å². The first-order valence-corrected chi connectivity index (χ1v) is 6.88. The number of hydrogen-bond donors (Lipinski definition) is 2. The van der Waals surface area contributed by atoms with Gasteiger partial charge in [0.2, 0.25) is 5.91 Å². The van der Waals surface area contributed by atoms with Crippen LogP contribution in [0.5, 0.6) is 0 Å². The summed E-state index contributed by atoms with van der Waals surface area (Å²) >= 11 is 0. The first kappa shape index (κ1) is 14.5. The summed E-state index contributed by atoms with van der Waals surface area (Å²) < 4.78 is 0. The van der Waals surface area contributed by atoms with Gasteiger partial charge in [-0.3, -0.25) is 4.79 Å². The molecule has 1 aliphatic rings. The normalized spacial score (nSPS) is 25.4. The number of likely N-dealkylation sites (N-methyl/N-ethyl adjacent to an activating group) is 1. The minimum atomic E-state index is -0.290. The number of hydrogen-bond acceptors (Lipinski definition) is 3. The molecule has 0 heterocycles. The molecule has 100 valence electrons. The van der Waals surface area contributed by atoms with Crippen molar-refractivity contribution in [2.24, 2.45) is 0 Å². The van der Waals surface area contributed by atoms with E-state index in [0.29, 0.717) is 6.54 Å². The predicted octanol–water partition coefficient (Wildman–Crippen LogP) is 1.14. The third-order valence-electron chi connectivity index (χ3n) is 3.61. The van der Waals surface area contributed by atoms with Gasteiger partial charge in [0.15, 0.2) is 0 Å². The van der Waals surface area contributed by atoms with Crippen LogP contribution in [0.2, 0.25) is 0 Å². The molecule has 1 amide bonds. The van der Waals surface area contributed by atoms with Crippen LogP contribution < -0.4 is 5.32 Å². The molecular weight excluding hydrogens is 216 g/mol. The average molecular weight is 242 g/mol. The molecule has 0 aliphatic heterocycles. The van der Waals surface area contributed by atoms with Crippen LogP contribution in [-0.2, 0) is 4.79 Å². The van der Waals surface area contributed by atoms with Gasteiger partial charge in [-0.2, -0.15) is 0 Å². The van der Waals surface area contributed by atoms with Gasteiger partial charge in [-0.1, -0.05) is 19.3 Å². The maximum atomic E-state index is 11.8. The second-order valence-corrected chi connectivity index (χ2v) is 4.76. The van der Waals surface area contributed by atoms with Crippen LogP contribution in [0.1, 0.15) is 46.0 Å². The first-order valence-electron chi connectivity index (χ1n) is 6.88. The SMILES string of the molecule is CCN(CC)C(=O)CNC1CCCCCC1O. The molecule has 0 aromatic heterocycles. The zero-order chi connectivity index (χ0) is 12.7. The lowest BCUT2D eigenvalue weighted by molar-refractivity contribution is -0.130. The van der Waals surface area contributed by atoms with Gasteiger partial charge in [-0.05, 0) is 26.7 Å². The van der Waals surface area contributed by atoms with Crippen molar-refractivity contribution in [3.63, 3.8) is 0 Å². The smallest absolute Gasteiger partial charge is 0.236 e. The first-order chi connectivity index (χ1) is 8.19. The number of aliphatic hydroxyl groups excluding tert-OH is 1. The van der Waals surface area contributed by atoms with E-state index in [4.69, 9.17) is 0 Å². The molecule has 1 saturated carbocycles. The summed E-state index contributed by atoms with van der Waals surface area (Å²) in [4.78, 5) is 13.6. The summed E-state index contributed by atoms with van der Waals surface area (Å²) in [5.74, 6) is 0.131. The molecule has 17 heavy (non-hydrogen) atoms. The van der Waals surface area contributed by atoms with Gasteiger partial charge in [0.25, 0.3) is 0 Å². The highest BCUT2D eigenvalue weighted by Gasteiger charge is 2.22. The minimum absolute atomic E-state index is 0.0945. The number of amides is 1. The molecule has 0 saturated heterocycles. The van der Waals surface area contributed by atoms with Gasteiger partial charge >= 0.3 is 0 Å². The average Bonchev–Trinajstić information content (AvgIpc) is 2.53. The number of rotatable bonds is 5. The van der Waals surface area contributed by atoms with Crippen molar-refractivity contribution >= 4 is 5.91 Å². The van der Waals surface area contributed by atoms with Gasteiger partial charge in [-0.25, -0.2) is 0 Å². The van der Waals surface area contributed by atoms with Crippen LogP contribution in [0.4, 0.5) is 0 Å². The van der Waals surface area contributed by atoms with Crippen molar-refractivity contribution in [1.82, 2.24) is 10.2 Å². The lowest BCUT2D eigenvalue weighted by Crippen LogP contribution is -2.45. The maximum absolute atomic E-state index is 11.8. The Kier molecular flexibility index (Phi) is 6.52. The fraction of sp³-hybridized carbons (Fsp3) is 0.923. The van der Waals surface area contributed by atoms with Crippen molar-refractivity contribution in [3.8, 4) is 0 Å². The highest BCUT2D eigenvalue weighted by Crippen LogP contribution is 2.17. The fourth-order valence-corrected chi connectivity index (χ4v) is 2.43. The van der Waals surface area contributed by atoms with E-state index >= 15 is 0 Å². The van der Waals surface area contributed by atoms with Crippen molar-refractivity contribution in [2.45, 2.75) is 58.1 Å². The van der Waals surface area contributed by atoms with E-state index in [1.165, 1.54) is 6.42 Å². The Labute approximate surface area is 104 Å². The molecule has 4 nitrogen and oxygen atoms in total. The van der Waals surface area contributed by atoms with E-state index in [1.54, 1.807) is 0 Å². The fourth-order valence-electron chi connectivity index (χ4n) is 2.43. The molecule has 1 fully saturated rings. The van der Waals surface area contributed by atoms with E-state index in [0.717, 1.165) is 38.8 Å². The zero-order valence-electron chi connectivity index (χ0n) is 11.1. The molecule has 0 aromatic carbocycles. The molecule has 0 radical (unpaired) electrons. The summed E-state index contributed by atoms with van der Waals surface area (Å²) in [6.07, 6.45) is 4.99. The lowest BCUT2D eigenvalue weighted by atomic mass is 10.1. The van der Waals surface area contributed by atoms with Crippen molar-refractivity contribution in [3.05, 3.63) is 0 Å². The Hall–Kier alpha value is -0.610. The highest BCUT2D eigenvalue weighted by atomic mass is 16.3. The van der Waals surface area contributed by atoms with Gasteiger partial charge in [0.1, 0.15) is 0 Å². The Morgan fingerprint density at radius 2 is 1.88 bits per heavy atom. The van der Waals surface area contributed by atoms with E-state index in [2.05, 4.69) is 5.32 Å². The topological polar surface area (TPSA) is 52.6 Å². The molecule has 4 heteroatoms. The van der Waals surface area contributed by atoms with Crippen LogP contribution in [0.25, 0.3) is 0 Å². The van der Waals surface area contributed by atoms with E-state index in [9.17, 15) is 9.90 Å². The van der Waals surface area contributed by atoms with Crippen LogP contribution in [0.15, 0.2) is 0 Å². The summed E-state index contributed by atoms with van der Waals surface area (Å²) in [6.45, 7) is 5.83. The molecule has 0 bridgehead atoms. The molecule has 0 aromatic rings. The Bertz CT molecular complexity index is 229. The second kappa shape index (κ2) is 7.67. The molecular formula is C13H26N2O2. The molecule has 2 unspecified atom stereocenters. The number of nitrogens with one attached hydrogen (secondary N) is 1. The van der Waals surface area contributed by atoms with Crippen molar-refractivity contribution in [2.75, 3.05) is 19.6 Å². The Morgan fingerprint density at radius 3 is 2.53 bits per heavy atom.